The van der Waals surface area contributed by atoms with Crippen LogP contribution < -0.4 is 0 Å². The number of aliphatic imine (C=N–C) groups is 1. The Balaban J connectivity index is 2.53. The predicted molar refractivity (Wildman–Crippen MR) is 27.5 cm³/mol. The lowest BCUT2D eigenvalue weighted by Crippen LogP contribution is -2.21. The molecule has 52 valence electrons. The van der Waals surface area contributed by atoms with Gasteiger partial charge in [-0.1, -0.05) is 0 Å². The van der Waals surface area contributed by atoms with Gasteiger partial charge in [0.05, 0.1) is 5.92 Å². The van der Waals surface area contributed by atoms with Crippen molar-refractivity contribution in [3.63, 3.8) is 0 Å². The number of hydrogen-bond acceptors (Lipinski definition) is 1. The second kappa shape index (κ2) is 2.01. The van der Waals surface area contributed by atoms with Crippen LogP contribution in [0.3, 0.4) is 0 Å². The highest BCUT2D eigenvalue weighted by Crippen LogP contribution is 2.29. The average molecular weight is 137 g/mol. The summed E-state index contributed by atoms with van der Waals surface area (Å²) < 4.78 is 35.0. The molecule has 0 fully saturated rings. The Kier molecular flexibility index (Phi) is 1.47. The van der Waals surface area contributed by atoms with Crippen LogP contribution in [0, 0.1) is 5.92 Å². The summed E-state index contributed by atoms with van der Waals surface area (Å²) in [5.74, 6) is -1.28. The maximum Gasteiger partial charge on any atom is 0.396 e. The van der Waals surface area contributed by atoms with Crippen molar-refractivity contribution in [2.24, 2.45) is 10.9 Å². The second-order valence-electron chi connectivity index (χ2n) is 1.99. The van der Waals surface area contributed by atoms with Crippen molar-refractivity contribution in [2.75, 3.05) is 6.54 Å². The van der Waals surface area contributed by atoms with E-state index in [-0.39, 0.29) is 6.42 Å². The third-order valence-electron chi connectivity index (χ3n) is 1.27. The Morgan fingerprint density at radius 3 is 2.33 bits per heavy atom. The third-order valence-corrected chi connectivity index (χ3v) is 1.27. The van der Waals surface area contributed by atoms with Crippen LogP contribution in [0.15, 0.2) is 4.99 Å². The molecule has 4 heteroatoms. The molecule has 0 aromatic carbocycles. The van der Waals surface area contributed by atoms with Gasteiger partial charge in [0.2, 0.25) is 0 Å². The van der Waals surface area contributed by atoms with E-state index >= 15 is 0 Å². The standard InChI is InChI=1S/C5H6F3N/c6-5(7,8)4-1-2-9-3-4/h3-4H,1-2H2. The van der Waals surface area contributed by atoms with Crippen molar-refractivity contribution in [1.82, 2.24) is 0 Å². The second-order valence-corrected chi connectivity index (χ2v) is 1.99. The van der Waals surface area contributed by atoms with E-state index < -0.39 is 12.1 Å². The first kappa shape index (κ1) is 6.58. The molecule has 9 heavy (non-hydrogen) atoms. The zero-order valence-electron chi connectivity index (χ0n) is 4.65. The quantitative estimate of drug-likeness (QED) is 0.481. The molecule has 1 aliphatic heterocycles. The van der Waals surface area contributed by atoms with Crippen LogP contribution in [0.4, 0.5) is 13.2 Å². The molecule has 1 aliphatic rings. The maximum atomic E-state index is 11.7. The summed E-state index contributed by atoms with van der Waals surface area (Å²) in [7, 11) is 0. The topological polar surface area (TPSA) is 12.4 Å². The van der Waals surface area contributed by atoms with Crippen LogP contribution >= 0.6 is 0 Å². The number of alkyl halides is 3. The summed E-state index contributed by atoms with van der Waals surface area (Å²) in [6.45, 7) is 0.324. The minimum Gasteiger partial charge on any atom is -0.297 e. The van der Waals surface area contributed by atoms with E-state index in [1.54, 1.807) is 0 Å². The Morgan fingerprint density at radius 1 is 1.44 bits per heavy atom. The number of hydrogen-bond donors (Lipinski definition) is 0. The Labute approximate surface area is 50.6 Å². The molecule has 0 aromatic heterocycles. The van der Waals surface area contributed by atoms with Crippen molar-refractivity contribution in [3.8, 4) is 0 Å². The Hall–Kier alpha value is -0.540. The molecule has 0 aromatic rings. The van der Waals surface area contributed by atoms with E-state index in [9.17, 15) is 13.2 Å². The molecule has 1 rings (SSSR count). The van der Waals surface area contributed by atoms with Gasteiger partial charge in [0.25, 0.3) is 0 Å². The first-order valence-corrected chi connectivity index (χ1v) is 2.67. The molecular formula is C5H6F3N. The van der Waals surface area contributed by atoms with Crippen molar-refractivity contribution in [1.29, 1.82) is 0 Å². The predicted octanol–water partition coefficient (Wildman–Crippen LogP) is 1.64. The summed E-state index contributed by atoms with van der Waals surface area (Å²) >= 11 is 0. The lowest BCUT2D eigenvalue weighted by atomic mass is 10.1. The SMILES string of the molecule is FC(F)(F)C1C=NCC1. The lowest BCUT2D eigenvalue weighted by molar-refractivity contribution is -0.153. The van der Waals surface area contributed by atoms with E-state index in [2.05, 4.69) is 4.99 Å². The molecule has 0 saturated heterocycles. The molecule has 1 heterocycles. The molecule has 0 bridgehead atoms. The first-order valence-electron chi connectivity index (χ1n) is 2.67. The van der Waals surface area contributed by atoms with Crippen molar-refractivity contribution in [3.05, 3.63) is 0 Å². The van der Waals surface area contributed by atoms with Crippen molar-refractivity contribution in [2.45, 2.75) is 12.6 Å². The van der Waals surface area contributed by atoms with Gasteiger partial charge >= 0.3 is 6.18 Å². The number of rotatable bonds is 0. The summed E-state index contributed by atoms with van der Waals surface area (Å²) in [5, 5.41) is 0. The third kappa shape index (κ3) is 1.43. The minimum atomic E-state index is -4.07. The zero-order valence-corrected chi connectivity index (χ0v) is 4.65. The highest BCUT2D eigenvalue weighted by molar-refractivity contribution is 5.63. The minimum absolute atomic E-state index is 0.128. The van der Waals surface area contributed by atoms with Crippen molar-refractivity contribution < 1.29 is 13.2 Å². The fraction of sp³-hybridized carbons (Fsp3) is 0.800. The van der Waals surface area contributed by atoms with Crippen LogP contribution in [-0.4, -0.2) is 18.9 Å². The van der Waals surface area contributed by atoms with E-state index in [1.807, 2.05) is 0 Å². The maximum absolute atomic E-state index is 11.7. The normalized spacial score (nSPS) is 27.2. The highest BCUT2D eigenvalue weighted by Gasteiger charge is 2.39. The van der Waals surface area contributed by atoms with Gasteiger partial charge in [-0.3, -0.25) is 4.99 Å². The van der Waals surface area contributed by atoms with Gasteiger partial charge in [0.1, 0.15) is 0 Å². The van der Waals surface area contributed by atoms with E-state index in [1.165, 1.54) is 0 Å². The smallest absolute Gasteiger partial charge is 0.297 e. The van der Waals surface area contributed by atoms with Crippen LogP contribution in [0.5, 0.6) is 0 Å². The monoisotopic (exact) mass is 137 g/mol. The molecule has 1 nitrogen and oxygen atoms in total. The fourth-order valence-corrected chi connectivity index (χ4v) is 0.738. The van der Waals surface area contributed by atoms with Crippen molar-refractivity contribution >= 4 is 6.21 Å². The van der Waals surface area contributed by atoms with Gasteiger partial charge in [-0.05, 0) is 6.42 Å². The van der Waals surface area contributed by atoms with E-state index in [4.69, 9.17) is 0 Å². The number of nitrogens with zero attached hydrogens (tertiary/aromatic N) is 1. The molecular weight excluding hydrogens is 131 g/mol. The number of halogens is 3. The summed E-state index contributed by atoms with van der Waals surface area (Å²) in [6.07, 6.45) is -2.95. The molecule has 0 spiro atoms. The molecule has 0 amide bonds. The lowest BCUT2D eigenvalue weighted by Gasteiger charge is -2.09. The van der Waals surface area contributed by atoms with Crippen LogP contribution in [0.2, 0.25) is 0 Å². The largest absolute Gasteiger partial charge is 0.396 e. The summed E-state index contributed by atoms with van der Waals surface area (Å²) in [4.78, 5) is 3.49. The molecule has 0 saturated carbocycles. The van der Waals surface area contributed by atoms with E-state index in [0.29, 0.717) is 6.54 Å². The highest BCUT2D eigenvalue weighted by atomic mass is 19.4. The van der Waals surface area contributed by atoms with Gasteiger partial charge in [-0.15, -0.1) is 0 Å². The van der Waals surface area contributed by atoms with Crippen LogP contribution in [0.25, 0.3) is 0 Å². The van der Waals surface area contributed by atoms with Gasteiger partial charge in [0.15, 0.2) is 0 Å². The van der Waals surface area contributed by atoms with Gasteiger partial charge in [-0.2, -0.15) is 13.2 Å². The molecule has 1 atom stereocenters. The Bertz CT molecular complexity index is 127. The Morgan fingerprint density at radius 2 is 2.11 bits per heavy atom. The van der Waals surface area contributed by atoms with Crippen LogP contribution in [0.1, 0.15) is 6.42 Å². The van der Waals surface area contributed by atoms with Crippen LogP contribution in [-0.2, 0) is 0 Å². The zero-order chi connectivity index (χ0) is 6.91. The summed E-state index contributed by atoms with van der Waals surface area (Å²) in [6, 6.07) is 0. The van der Waals surface area contributed by atoms with Gasteiger partial charge in [0, 0.05) is 12.8 Å². The van der Waals surface area contributed by atoms with Gasteiger partial charge in [-0.25, -0.2) is 0 Å². The molecule has 0 radical (unpaired) electrons. The summed E-state index contributed by atoms with van der Waals surface area (Å²) in [5.41, 5.74) is 0. The van der Waals surface area contributed by atoms with Gasteiger partial charge < -0.3 is 0 Å². The fourth-order valence-electron chi connectivity index (χ4n) is 0.738. The molecule has 0 N–H and O–H groups in total. The molecule has 0 aliphatic carbocycles. The first-order chi connectivity index (χ1) is 4.11. The average Bonchev–Trinajstić information content (AvgIpc) is 2.08. The molecule has 1 unspecified atom stereocenters. The van der Waals surface area contributed by atoms with E-state index in [0.717, 1.165) is 6.21 Å².